The maximum atomic E-state index is 10.1. The molecule has 0 saturated heterocycles. The Labute approximate surface area is 95.1 Å². The van der Waals surface area contributed by atoms with Crippen LogP contribution in [0.3, 0.4) is 0 Å². The molecule has 1 fully saturated rings. The van der Waals surface area contributed by atoms with Crippen molar-refractivity contribution in [1.29, 1.82) is 0 Å². The van der Waals surface area contributed by atoms with Gasteiger partial charge in [0.05, 0.1) is 6.10 Å². The van der Waals surface area contributed by atoms with Crippen LogP contribution in [0.4, 0.5) is 0 Å². The first kappa shape index (κ1) is 11.1. The highest BCUT2D eigenvalue weighted by Crippen LogP contribution is 2.38. The zero-order valence-electron chi connectivity index (χ0n) is 8.98. The number of rotatable bonds is 3. The van der Waals surface area contributed by atoms with Crippen LogP contribution in [0, 0.1) is 5.41 Å². The van der Waals surface area contributed by atoms with Crippen molar-refractivity contribution in [3.63, 3.8) is 0 Å². The maximum absolute atomic E-state index is 10.1. The molecule has 1 aromatic heterocycles. The zero-order chi connectivity index (χ0) is 10.7. The third kappa shape index (κ3) is 2.25. The number of hydrogen-bond acceptors (Lipinski definition) is 3. The van der Waals surface area contributed by atoms with Crippen LogP contribution in [0.2, 0.25) is 0 Å². The number of aliphatic hydroxyl groups is 1. The van der Waals surface area contributed by atoms with Gasteiger partial charge in [-0.1, -0.05) is 12.8 Å². The summed E-state index contributed by atoms with van der Waals surface area (Å²) in [7, 11) is 0. The van der Waals surface area contributed by atoms with Crippen LogP contribution >= 0.6 is 11.3 Å². The van der Waals surface area contributed by atoms with Gasteiger partial charge in [0, 0.05) is 12.0 Å². The van der Waals surface area contributed by atoms with Crippen LogP contribution in [0.25, 0.3) is 0 Å². The van der Waals surface area contributed by atoms with Gasteiger partial charge in [0.1, 0.15) is 0 Å². The van der Waals surface area contributed by atoms with Gasteiger partial charge in [-0.15, -0.1) is 0 Å². The summed E-state index contributed by atoms with van der Waals surface area (Å²) in [5, 5.41) is 14.4. The van der Waals surface area contributed by atoms with Crippen LogP contribution in [0.15, 0.2) is 16.8 Å². The van der Waals surface area contributed by atoms with Crippen LogP contribution < -0.4 is 5.73 Å². The molecule has 2 rings (SSSR count). The lowest BCUT2D eigenvalue weighted by Gasteiger charge is -2.40. The molecule has 2 atom stereocenters. The fraction of sp³-hybridized carbons (Fsp3) is 0.667. The number of hydrogen-bond donors (Lipinski definition) is 2. The molecular formula is C12H19NOS. The fourth-order valence-electron chi connectivity index (χ4n) is 2.60. The standard InChI is InChI=1S/C12H19NOS/c13-9-12(5-2-1-3-11(12)14)7-10-4-6-15-8-10/h4,6,8,11,14H,1-3,5,7,9,13H2. The number of aliphatic hydroxyl groups excluding tert-OH is 1. The van der Waals surface area contributed by atoms with Crippen molar-refractivity contribution in [2.45, 2.75) is 38.2 Å². The van der Waals surface area contributed by atoms with E-state index in [1.807, 2.05) is 0 Å². The minimum absolute atomic E-state index is 0.0562. The molecular weight excluding hydrogens is 206 g/mol. The summed E-state index contributed by atoms with van der Waals surface area (Å²) >= 11 is 1.72. The Morgan fingerprint density at radius 2 is 2.40 bits per heavy atom. The summed E-state index contributed by atoms with van der Waals surface area (Å²) in [6.07, 6.45) is 5.07. The van der Waals surface area contributed by atoms with Crippen LogP contribution in [0.5, 0.6) is 0 Å². The average Bonchev–Trinajstić information content (AvgIpc) is 2.74. The number of nitrogens with two attached hydrogens (primary N) is 1. The summed E-state index contributed by atoms with van der Waals surface area (Å²) in [6.45, 7) is 0.601. The van der Waals surface area contributed by atoms with Gasteiger partial charge in [0.25, 0.3) is 0 Å². The molecule has 0 bridgehead atoms. The first-order valence-electron chi connectivity index (χ1n) is 5.66. The molecule has 15 heavy (non-hydrogen) atoms. The van der Waals surface area contributed by atoms with E-state index < -0.39 is 0 Å². The molecule has 0 radical (unpaired) electrons. The minimum atomic E-state index is -0.212. The van der Waals surface area contributed by atoms with Crippen LogP contribution in [-0.4, -0.2) is 17.8 Å². The molecule has 0 spiro atoms. The summed E-state index contributed by atoms with van der Waals surface area (Å²) in [5.41, 5.74) is 7.16. The monoisotopic (exact) mass is 225 g/mol. The normalized spacial score (nSPS) is 31.7. The highest BCUT2D eigenvalue weighted by molar-refractivity contribution is 7.07. The highest BCUT2D eigenvalue weighted by atomic mass is 32.1. The molecule has 1 saturated carbocycles. The minimum Gasteiger partial charge on any atom is -0.392 e. The quantitative estimate of drug-likeness (QED) is 0.828. The van der Waals surface area contributed by atoms with Crippen molar-refractivity contribution in [2.75, 3.05) is 6.54 Å². The van der Waals surface area contributed by atoms with E-state index in [1.54, 1.807) is 11.3 Å². The largest absolute Gasteiger partial charge is 0.392 e. The molecule has 2 nitrogen and oxygen atoms in total. The average molecular weight is 225 g/mol. The third-order valence-corrected chi connectivity index (χ3v) is 4.38. The summed E-state index contributed by atoms with van der Waals surface area (Å²) in [6, 6.07) is 2.14. The Hall–Kier alpha value is -0.380. The SMILES string of the molecule is NCC1(Cc2ccsc2)CCCCC1O. The van der Waals surface area contributed by atoms with Crippen LogP contribution in [-0.2, 0) is 6.42 Å². The topological polar surface area (TPSA) is 46.2 Å². The van der Waals surface area contributed by atoms with Crippen molar-refractivity contribution >= 4 is 11.3 Å². The van der Waals surface area contributed by atoms with Gasteiger partial charge in [0.2, 0.25) is 0 Å². The molecule has 1 aliphatic carbocycles. The highest BCUT2D eigenvalue weighted by Gasteiger charge is 2.38. The molecule has 0 amide bonds. The molecule has 1 aromatic rings. The molecule has 3 heteroatoms. The second-order valence-electron chi connectivity index (χ2n) is 4.64. The second-order valence-corrected chi connectivity index (χ2v) is 5.42. The lowest BCUT2D eigenvalue weighted by Crippen LogP contribution is -2.45. The molecule has 0 aromatic carbocycles. The lowest BCUT2D eigenvalue weighted by molar-refractivity contribution is -0.00579. The second kappa shape index (κ2) is 4.64. The van der Waals surface area contributed by atoms with Gasteiger partial charge in [0.15, 0.2) is 0 Å². The summed E-state index contributed by atoms with van der Waals surface area (Å²) < 4.78 is 0. The van der Waals surface area contributed by atoms with E-state index in [0.29, 0.717) is 6.54 Å². The smallest absolute Gasteiger partial charge is 0.0611 e. The van der Waals surface area contributed by atoms with E-state index in [9.17, 15) is 5.11 Å². The van der Waals surface area contributed by atoms with Gasteiger partial charge < -0.3 is 10.8 Å². The predicted molar refractivity (Wildman–Crippen MR) is 64.0 cm³/mol. The fourth-order valence-corrected chi connectivity index (χ4v) is 3.27. The Kier molecular flexibility index (Phi) is 3.44. The Morgan fingerprint density at radius 3 is 3.00 bits per heavy atom. The van der Waals surface area contributed by atoms with Crippen molar-refractivity contribution in [3.8, 4) is 0 Å². The van der Waals surface area contributed by atoms with Gasteiger partial charge in [-0.25, -0.2) is 0 Å². The first-order chi connectivity index (χ1) is 7.27. The Bertz CT molecular complexity index is 299. The van der Waals surface area contributed by atoms with E-state index in [1.165, 1.54) is 12.0 Å². The van der Waals surface area contributed by atoms with Crippen molar-refractivity contribution < 1.29 is 5.11 Å². The van der Waals surface area contributed by atoms with E-state index in [-0.39, 0.29) is 11.5 Å². The van der Waals surface area contributed by atoms with E-state index in [4.69, 9.17) is 5.73 Å². The third-order valence-electron chi connectivity index (χ3n) is 3.65. The van der Waals surface area contributed by atoms with Gasteiger partial charge in [-0.2, -0.15) is 11.3 Å². The molecule has 0 aliphatic heterocycles. The summed E-state index contributed by atoms with van der Waals surface area (Å²) in [5.74, 6) is 0. The van der Waals surface area contributed by atoms with Crippen molar-refractivity contribution in [1.82, 2.24) is 0 Å². The molecule has 3 N–H and O–H groups in total. The van der Waals surface area contributed by atoms with Gasteiger partial charge >= 0.3 is 0 Å². The molecule has 2 unspecified atom stereocenters. The molecule has 1 aliphatic rings. The van der Waals surface area contributed by atoms with Gasteiger partial charge in [-0.3, -0.25) is 0 Å². The van der Waals surface area contributed by atoms with Gasteiger partial charge in [-0.05, 0) is 41.7 Å². The predicted octanol–water partition coefficient (Wildman–Crippen LogP) is 2.17. The Balaban J connectivity index is 2.13. The van der Waals surface area contributed by atoms with Crippen molar-refractivity contribution in [3.05, 3.63) is 22.4 Å². The Morgan fingerprint density at radius 1 is 1.53 bits per heavy atom. The van der Waals surface area contributed by atoms with Crippen LogP contribution in [0.1, 0.15) is 31.2 Å². The zero-order valence-corrected chi connectivity index (χ0v) is 9.80. The maximum Gasteiger partial charge on any atom is 0.0611 e. The number of thiophene rings is 1. The van der Waals surface area contributed by atoms with E-state index in [2.05, 4.69) is 16.8 Å². The van der Waals surface area contributed by atoms with E-state index in [0.717, 1.165) is 25.7 Å². The van der Waals surface area contributed by atoms with E-state index >= 15 is 0 Å². The summed E-state index contributed by atoms with van der Waals surface area (Å²) in [4.78, 5) is 0. The first-order valence-corrected chi connectivity index (χ1v) is 6.60. The van der Waals surface area contributed by atoms with Crippen molar-refractivity contribution in [2.24, 2.45) is 11.1 Å². The molecule has 1 heterocycles. The lowest BCUT2D eigenvalue weighted by atomic mass is 9.68. The molecule has 84 valence electrons.